The number of aromatic carboxylic acids is 7. The fourth-order valence-corrected chi connectivity index (χ4v) is 13.0. The number of hydrogen-bond acceptors (Lipinski definition) is 21. The Morgan fingerprint density at radius 2 is 0.554 bits per heavy atom. The lowest BCUT2D eigenvalue weighted by Crippen LogP contribution is -1.99. The minimum absolute atomic E-state index is 0.0730. The number of ether oxygens (including phenoxy) is 14. The van der Waals surface area contributed by atoms with Crippen molar-refractivity contribution >= 4 is 117 Å². The van der Waals surface area contributed by atoms with Crippen LogP contribution in [-0.4, -0.2) is 125 Å². The van der Waals surface area contributed by atoms with Gasteiger partial charge in [0.05, 0.1) is 33.4 Å². The molecule has 7 aliphatic rings. The van der Waals surface area contributed by atoms with E-state index in [-0.39, 0.29) is 86.5 Å². The van der Waals surface area contributed by atoms with Crippen LogP contribution in [0, 0.1) is 0 Å². The van der Waals surface area contributed by atoms with Gasteiger partial charge in [0.2, 0.25) is 47.6 Å². The Morgan fingerprint density at radius 3 is 1.17 bits per heavy atom. The monoisotopic (exact) mass is 1510 g/mol. The summed E-state index contributed by atoms with van der Waals surface area (Å²) in [6.45, 7) is 1.21. The summed E-state index contributed by atoms with van der Waals surface area (Å²) in [6, 6.07) is 60.9. The SMILES string of the molecule is O=C(O)c1cc2ccccc2c2c1OCO2.O=C(O)c1ccc2c3c(ccc2c1)OCO3.O=C(O)c1ccc2cc3c(cc2c1)OCO3.O=C(O)c1ccc2ccc3c(c2c1)OCO3.O=C(O)c1cccc2c3c(ccc12)OCO3.O=C(O)c1cccc2cc3c(cc12)OCO3.O=C(O)c1cccc2ccc3c(c12)OCO3. The van der Waals surface area contributed by atoms with E-state index >= 15 is 0 Å². The molecule has 0 amide bonds. The summed E-state index contributed by atoms with van der Waals surface area (Å²) < 4.78 is 73.7. The summed E-state index contributed by atoms with van der Waals surface area (Å²) in [6.07, 6.45) is 0. The normalized spacial score (nSPS) is 13.0. The van der Waals surface area contributed by atoms with Gasteiger partial charge in [-0.1, -0.05) is 91.0 Å². The Balaban J connectivity index is 0.000000103. The third kappa shape index (κ3) is 14.5. The van der Waals surface area contributed by atoms with Crippen molar-refractivity contribution in [3.05, 3.63) is 251 Å². The molecule has 0 unspecified atom stereocenters. The molecule has 0 bridgehead atoms. The number of carbonyl (C=O) groups is 7. The van der Waals surface area contributed by atoms with Crippen LogP contribution in [0.15, 0.2) is 212 Å². The topological polar surface area (TPSA) is 390 Å². The molecular weight excluding hydrogens is 1460 g/mol. The first-order valence-electron chi connectivity index (χ1n) is 33.7. The zero-order chi connectivity index (χ0) is 77.8. The van der Waals surface area contributed by atoms with Crippen LogP contribution in [0.1, 0.15) is 72.5 Å². The number of carboxylic acids is 7. The van der Waals surface area contributed by atoms with E-state index in [1.807, 2.05) is 72.8 Å². The van der Waals surface area contributed by atoms with Crippen molar-refractivity contribution in [2.75, 3.05) is 47.6 Å². The number of benzene rings is 14. The lowest BCUT2D eigenvalue weighted by Gasteiger charge is -2.05. The maximum Gasteiger partial charge on any atom is 0.339 e. The van der Waals surface area contributed by atoms with E-state index in [9.17, 15) is 33.6 Å². The standard InChI is InChI=1S/7C12H8O4/c13-12(14)8-1-3-9-7(5-8)2-4-10-11(9)16-6-15-10;13-12(14)8-2-1-7-4-10-11(16-6-15-10)5-9(7)3-8;13-12(14)8-2-1-7-3-4-10-11(9(7)5-8)16-6-15-10;13-12(14)8-3-1-2-7-4-10-11(5-9(7)8)16-6-15-10;13-12(14)9-3-1-2-8-7(9)4-5-10-11(8)16-6-15-10;13-12(14)8-3-1-2-7-4-5-9-11(10(7)8)16-6-15-9;13-12(14)9-5-7-3-1-2-4-8(7)10-11(9)16-6-15-10/h7*1-5H,6H2,(H,13,14). The average molecular weight is 1510 g/mol. The van der Waals surface area contributed by atoms with Crippen LogP contribution in [0.4, 0.5) is 0 Å². The van der Waals surface area contributed by atoms with Gasteiger partial charge in [-0.15, -0.1) is 0 Å². The molecule has 28 heteroatoms. The highest BCUT2D eigenvalue weighted by atomic mass is 16.7. The van der Waals surface area contributed by atoms with Crippen LogP contribution < -0.4 is 66.3 Å². The molecule has 560 valence electrons. The number of hydrogen-bond donors (Lipinski definition) is 7. The van der Waals surface area contributed by atoms with E-state index in [1.54, 1.807) is 140 Å². The second-order valence-electron chi connectivity index (χ2n) is 24.7. The Labute approximate surface area is 629 Å². The minimum Gasteiger partial charge on any atom is -0.478 e. The van der Waals surface area contributed by atoms with Gasteiger partial charge in [-0.3, -0.25) is 0 Å². The van der Waals surface area contributed by atoms with Crippen molar-refractivity contribution in [3.63, 3.8) is 0 Å². The van der Waals surface area contributed by atoms with Crippen LogP contribution >= 0.6 is 0 Å². The van der Waals surface area contributed by atoms with E-state index in [0.717, 1.165) is 59.2 Å². The van der Waals surface area contributed by atoms with Crippen molar-refractivity contribution < 1.29 is 136 Å². The van der Waals surface area contributed by atoms with Crippen molar-refractivity contribution in [2.24, 2.45) is 0 Å². The molecule has 0 saturated heterocycles. The van der Waals surface area contributed by atoms with Crippen molar-refractivity contribution in [1.29, 1.82) is 0 Å². The smallest absolute Gasteiger partial charge is 0.339 e. The Kier molecular flexibility index (Phi) is 19.7. The van der Waals surface area contributed by atoms with Gasteiger partial charge in [0.15, 0.2) is 80.5 Å². The highest BCUT2D eigenvalue weighted by Crippen LogP contribution is 2.46. The second kappa shape index (κ2) is 30.7. The summed E-state index contributed by atoms with van der Waals surface area (Å²) in [7, 11) is 0. The first kappa shape index (κ1) is 72.0. The van der Waals surface area contributed by atoms with Gasteiger partial charge in [0, 0.05) is 37.7 Å². The van der Waals surface area contributed by atoms with Gasteiger partial charge in [0.25, 0.3) is 0 Å². The second-order valence-corrected chi connectivity index (χ2v) is 24.7. The number of fused-ring (bicyclic) bond motifs is 19. The first-order valence-corrected chi connectivity index (χ1v) is 33.7. The first-order chi connectivity index (χ1) is 54.3. The zero-order valence-electron chi connectivity index (χ0n) is 57.9. The Bertz CT molecular complexity index is 6130. The molecule has 0 saturated carbocycles. The van der Waals surface area contributed by atoms with Crippen LogP contribution in [0.3, 0.4) is 0 Å². The van der Waals surface area contributed by atoms with Gasteiger partial charge in [-0.05, 0) is 159 Å². The molecule has 21 rings (SSSR count). The molecule has 7 heterocycles. The number of carboxylic acid groups (broad SMARTS) is 7. The molecule has 7 aliphatic heterocycles. The molecule has 112 heavy (non-hydrogen) atoms. The maximum absolute atomic E-state index is 11.1. The van der Waals surface area contributed by atoms with Gasteiger partial charge in [-0.25, -0.2) is 33.6 Å². The molecule has 0 aromatic heterocycles. The largest absolute Gasteiger partial charge is 0.478 e. The van der Waals surface area contributed by atoms with Gasteiger partial charge in [-0.2, -0.15) is 0 Å². The summed E-state index contributed by atoms with van der Waals surface area (Å²) in [5.74, 6) is 1.91. The molecule has 0 radical (unpaired) electrons. The quantitative estimate of drug-likeness (QED) is 0.0779. The molecule has 0 spiro atoms. The van der Waals surface area contributed by atoms with Crippen LogP contribution in [-0.2, 0) is 0 Å². The predicted molar refractivity (Wildman–Crippen MR) is 399 cm³/mol. The zero-order valence-corrected chi connectivity index (χ0v) is 57.9. The summed E-state index contributed by atoms with van der Waals surface area (Å²) in [5, 5.41) is 74.3. The molecular formula is C84H56O28. The Morgan fingerprint density at radius 1 is 0.196 bits per heavy atom. The highest BCUT2D eigenvalue weighted by Gasteiger charge is 2.27. The highest BCUT2D eigenvalue weighted by molar-refractivity contribution is 6.09. The molecule has 7 N–H and O–H groups in total. The fraction of sp³-hybridized carbons (Fsp3) is 0.0833. The number of rotatable bonds is 7. The van der Waals surface area contributed by atoms with Crippen LogP contribution in [0.5, 0.6) is 80.5 Å². The van der Waals surface area contributed by atoms with Crippen molar-refractivity contribution in [1.82, 2.24) is 0 Å². The lowest BCUT2D eigenvalue weighted by molar-refractivity contribution is 0.0681. The van der Waals surface area contributed by atoms with Gasteiger partial charge < -0.3 is 102 Å². The maximum atomic E-state index is 11.1. The van der Waals surface area contributed by atoms with E-state index in [1.165, 1.54) is 0 Å². The predicted octanol–water partition coefficient (Wildman–Crippen LogP) is 15.9. The van der Waals surface area contributed by atoms with E-state index in [4.69, 9.17) is 102 Å². The lowest BCUT2D eigenvalue weighted by atomic mass is 10.0. The minimum atomic E-state index is -1.01. The van der Waals surface area contributed by atoms with E-state index in [2.05, 4.69) is 0 Å². The molecule has 0 atom stereocenters. The van der Waals surface area contributed by atoms with E-state index in [0.29, 0.717) is 96.7 Å². The van der Waals surface area contributed by atoms with Gasteiger partial charge in [0.1, 0.15) is 5.56 Å². The fourth-order valence-electron chi connectivity index (χ4n) is 13.0. The average Bonchev–Trinajstić information content (AvgIpc) is 0.933. The third-order valence-corrected chi connectivity index (χ3v) is 18.2. The summed E-state index contributed by atoms with van der Waals surface area (Å²) >= 11 is 0. The third-order valence-electron chi connectivity index (χ3n) is 18.2. The van der Waals surface area contributed by atoms with Crippen LogP contribution in [0.2, 0.25) is 0 Å². The molecule has 14 aromatic carbocycles. The van der Waals surface area contributed by atoms with Crippen molar-refractivity contribution in [2.45, 2.75) is 0 Å². The molecule has 0 fully saturated rings. The van der Waals surface area contributed by atoms with E-state index < -0.39 is 41.8 Å². The van der Waals surface area contributed by atoms with Crippen molar-refractivity contribution in [3.8, 4) is 80.5 Å². The molecule has 14 aromatic rings. The molecule has 0 aliphatic carbocycles. The Hall–Kier alpha value is -15.6. The summed E-state index contributed by atoms with van der Waals surface area (Å²) in [4.78, 5) is 76.8. The van der Waals surface area contributed by atoms with Gasteiger partial charge >= 0.3 is 41.8 Å². The van der Waals surface area contributed by atoms with Crippen LogP contribution in [0.25, 0.3) is 75.4 Å². The molecule has 28 nitrogen and oxygen atoms in total. The summed E-state index contributed by atoms with van der Waals surface area (Å²) in [5.41, 5.74) is 1.71.